The molecular weight excluding hydrogens is 316 g/mol. The molecule has 0 saturated heterocycles. The van der Waals surface area contributed by atoms with E-state index >= 15 is 0 Å². The van der Waals surface area contributed by atoms with Crippen LogP contribution in [-0.4, -0.2) is 23.7 Å². The van der Waals surface area contributed by atoms with Crippen molar-refractivity contribution < 1.29 is 4.74 Å². The van der Waals surface area contributed by atoms with Gasteiger partial charge in [0, 0.05) is 18.1 Å². The van der Waals surface area contributed by atoms with Gasteiger partial charge in [-0.2, -0.15) is 0 Å². The average Bonchev–Trinajstić information content (AvgIpc) is 2.34. The number of rotatable bonds is 5. The Morgan fingerprint density at radius 3 is 2.70 bits per heavy atom. The molecular formula is C16H25BrN2O. The van der Waals surface area contributed by atoms with Crippen LogP contribution in [0.3, 0.4) is 0 Å². The van der Waals surface area contributed by atoms with E-state index in [1.165, 1.54) is 0 Å². The molecule has 0 spiro atoms. The van der Waals surface area contributed by atoms with Gasteiger partial charge in [0.1, 0.15) is 4.60 Å². The summed E-state index contributed by atoms with van der Waals surface area (Å²) in [5, 5.41) is 3.62. The SMILES string of the molecule is Cc1nc(Br)ccc1NC1CC(OCC(C)C)C1(C)C. The van der Waals surface area contributed by atoms with Crippen molar-refractivity contribution in [1.82, 2.24) is 4.98 Å². The molecule has 0 amide bonds. The fourth-order valence-electron chi connectivity index (χ4n) is 2.59. The monoisotopic (exact) mass is 340 g/mol. The van der Waals surface area contributed by atoms with Gasteiger partial charge in [-0.05, 0) is 47.3 Å². The Balaban J connectivity index is 1.95. The van der Waals surface area contributed by atoms with Gasteiger partial charge in [0.25, 0.3) is 0 Å². The molecule has 1 saturated carbocycles. The maximum atomic E-state index is 6.01. The van der Waals surface area contributed by atoms with Gasteiger partial charge >= 0.3 is 0 Å². The van der Waals surface area contributed by atoms with Crippen LogP contribution in [0.1, 0.15) is 39.8 Å². The van der Waals surface area contributed by atoms with E-state index in [1.807, 2.05) is 13.0 Å². The topological polar surface area (TPSA) is 34.2 Å². The van der Waals surface area contributed by atoms with Gasteiger partial charge in [-0.3, -0.25) is 0 Å². The first kappa shape index (κ1) is 15.8. The van der Waals surface area contributed by atoms with Crippen LogP contribution in [0.4, 0.5) is 5.69 Å². The van der Waals surface area contributed by atoms with Gasteiger partial charge in [0.05, 0.1) is 17.5 Å². The van der Waals surface area contributed by atoms with E-state index in [9.17, 15) is 0 Å². The summed E-state index contributed by atoms with van der Waals surface area (Å²) in [4.78, 5) is 4.43. The number of aryl methyl sites for hydroxylation is 1. The van der Waals surface area contributed by atoms with Crippen LogP contribution in [0, 0.1) is 18.3 Å². The number of aromatic nitrogens is 1. The zero-order chi connectivity index (χ0) is 14.9. The third-order valence-electron chi connectivity index (χ3n) is 4.19. The highest BCUT2D eigenvalue weighted by Gasteiger charge is 2.49. The van der Waals surface area contributed by atoms with E-state index in [-0.39, 0.29) is 5.41 Å². The molecule has 0 aromatic carbocycles. The Morgan fingerprint density at radius 2 is 2.15 bits per heavy atom. The minimum Gasteiger partial charge on any atom is -0.380 e. The summed E-state index contributed by atoms with van der Waals surface area (Å²) in [6.45, 7) is 11.8. The number of ether oxygens (including phenoxy) is 1. The third kappa shape index (κ3) is 3.34. The smallest absolute Gasteiger partial charge is 0.106 e. The Hall–Kier alpha value is -0.610. The van der Waals surface area contributed by atoms with Gasteiger partial charge < -0.3 is 10.1 Å². The molecule has 1 heterocycles. The number of nitrogens with one attached hydrogen (secondary N) is 1. The van der Waals surface area contributed by atoms with Crippen LogP contribution in [0.5, 0.6) is 0 Å². The number of nitrogens with zero attached hydrogens (tertiary/aromatic N) is 1. The second kappa shape index (κ2) is 6.02. The van der Waals surface area contributed by atoms with E-state index in [2.05, 4.69) is 60.0 Å². The molecule has 1 aromatic rings. The summed E-state index contributed by atoms with van der Waals surface area (Å²) in [6, 6.07) is 4.51. The summed E-state index contributed by atoms with van der Waals surface area (Å²) >= 11 is 3.40. The van der Waals surface area contributed by atoms with Crippen LogP contribution in [0.2, 0.25) is 0 Å². The van der Waals surface area contributed by atoms with Gasteiger partial charge in [-0.25, -0.2) is 4.98 Å². The van der Waals surface area contributed by atoms with Crippen LogP contribution in [0.15, 0.2) is 16.7 Å². The van der Waals surface area contributed by atoms with E-state index in [0.29, 0.717) is 18.1 Å². The molecule has 1 N–H and O–H groups in total. The molecule has 1 aliphatic carbocycles. The second-order valence-electron chi connectivity index (χ2n) is 6.74. The number of pyridine rings is 1. The van der Waals surface area contributed by atoms with Crippen molar-refractivity contribution >= 4 is 21.6 Å². The Bertz CT molecular complexity index is 474. The maximum Gasteiger partial charge on any atom is 0.106 e. The van der Waals surface area contributed by atoms with Crippen molar-refractivity contribution in [3.05, 3.63) is 22.4 Å². The van der Waals surface area contributed by atoms with Gasteiger partial charge in [0.15, 0.2) is 0 Å². The molecule has 20 heavy (non-hydrogen) atoms. The standard InChI is InChI=1S/C16H25BrN2O/c1-10(2)9-20-14-8-13(16(14,4)5)19-12-6-7-15(17)18-11(12)3/h6-7,10,13-14,19H,8-9H2,1-5H3. The number of hydrogen-bond donors (Lipinski definition) is 1. The van der Waals surface area contributed by atoms with E-state index in [0.717, 1.165) is 29.0 Å². The normalized spacial score (nSPS) is 24.6. The highest BCUT2D eigenvalue weighted by atomic mass is 79.9. The molecule has 112 valence electrons. The predicted molar refractivity (Wildman–Crippen MR) is 87.1 cm³/mol. The Kier molecular flexibility index (Phi) is 4.75. The average molecular weight is 341 g/mol. The van der Waals surface area contributed by atoms with Crippen molar-refractivity contribution in [2.24, 2.45) is 11.3 Å². The van der Waals surface area contributed by atoms with Crippen molar-refractivity contribution in [3.63, 3.8) is 0 Å². The van der Waals surface area contributed by atoms with E-state index in [1.54, 1.807) is 0 Å². The fraction of sp³-hybridized carbons (Fsp3) is 0.688. The molecule has 4 heteroatoms. The zero-order valence-electron chi connectivity index (χ0n) is 13.0. The lowest BCUT2D eigenvalue weighted by atomic mass is 9.64. The first-order valence-corrected chi connectivity index (χ1v) is 8.11. The van der Waals surface area contributed by atoms with Crippen LogP contribution >= 0.6 is 15.9 Å². The first-order chi connectivity index (χ1) is 9.30. The van der Waals surface area contributed by atoms with Crippen molar-refractivity contribution in [1.29, 1.82) is 0 Å². The molecule has 2 atom stereocenters. The number of hydrogen-bond acceptors (Lipinski definition) is 3. The molecule has 3 nitrogen and oxygen atoms in total. The van der Waals surface area contributed by atoms with Crippen LogP contribution < -0.4 is 5.32 Å². The Morgan fingerprint density at radius 1 is 1.45 bits per heavy atom. The van der Waals surface area contributed by atoms with Crippen molar-refractivity contribution in [3.8, 4) is 0 Å². The van der Waals surface area contributed by atoms with Gasteiger partial charge in [0.2, 0.25) is 0 Å². The Labute approximate surface area is 130 Å². The minimum atomic E-state index is 0.161. The fourth-order valence-corrected chi connectivity index (χ4v) is 2.99. The highest BCUT2D eigenvalue weighted by Crippen LogP contribution is 2.44. The van der Waals surface area contributed by atoms with Crippen molar-refractivity contribution in [2.75, 3.05) is 11.9 Å². The second-order valence-corrected chi connectivity index (χ2v) is 7.55. The lowest BCUT2D eigenvalue weighted by Crippen LogP contribution is -2.58. The summed E-state index contributed by atoms with van der Waals surface area (Å²) < 4.78 is 6.89. The molecule has 0 aliphatic heterocycles. The number of anilines is 1. The predicted octanol–water partition coefficient (Wildman–Crippen LogP) is 4.40. The van der Waals surface area contributed by atoms with E-state index in [4.69, 9.17) is 4.74 Å². The van der Waals surface area contributed by atoms with Crippen molar-refractivity contribution in [2.45, 2.75) is 53.2 Å². The molecule has 0 radical (unpaired) electrons. The molecule has 1 fully saturated rings. The van der Waals surface area contributed by atoms with E-state index < -0.39 is 0 Å². The zero-order valence-corrected chi connectivity index (χ0v) is 14.6. The lowest BCUT2D eigenvalue weighted by Gasteiger charge is -2.52. The van der Waals surface area contributed by atoms with Crippen LogP contribution in [0.25, 0.3) is 0 Å². The maximum absolute atomic E-state index is 6.01. The first-order valence-electron chi connectivity index (χ1n) is 7.32. The minimum absolute atomic E-state index is 0.161. The van der Waals surface area contributed by atoms with Gasteiger partial charge in [-0.1, -0.05) is 27.7 Å². The molecule has 2 unspecified atom stereocenters. The summed E-state index contributed by atoms with van der Waals surface area (Å²) in [5.41, 5.74) is 2.31. The molecule has 1 aromatic heterocycles. The number of halogens is 1. The quantitative estimate of drug-likeness (QED) is 0.806. The summed E-state index contributed by atoms with van der Waals surface area (Å²) in [5.74, 6) is 0.593. The lowest BCUT2D eigenvalue weighted by molar-refractivity contribution is -0.108. The van der Waals surface area contributed by atoms with Gasteiger partial charge in [-0.15, -0.1) is 0 Å². The van der Waals surface area contributed by atoms with Crippen LogP contribution in [-0.2, 0) is 4.74 Å². The summed E-state index contributed by atoms with van der Waals surface area (Å²) in [6.07, 6.45) is 1.42. The molecule has 1 aliphatic rings. The molecule has 0 bridgehead atoms. The molecule has 2 rings (SSSR count). The summed E-state index contributed by atoms with van der Waals surface area (Å²) in [7, 11) is 0. The third-order valence-corrected chi connectivity index (χ3v) is 4.63. The highest BCUT2D eigenvalue weighted by molar-refractivity contribution is 9.10. The largest absolute Gasteiger partial charge is 0.380 e.